The van der Waals surface area contributed by atoms with E-state index in [0.29, 0.717) is 59.2 Å². The summed E-state index contributed by atoms with van der Waals surface area (Å²) in [6.07, 6.45) is 2.44. The fraction of sp³-hybridized carbons (Fsp3) is 0.889. The molecule has 4 atom stereocenters. The van der Waals surface area contributed by atoms with E-state index in [9.17, 15) is 9.59 Å². The number of urea groups is 1. The number of nitrogens with one attached hydrogen (secondary N) is 2. The molecule has 2 aliphatic rings. The number of azide groups is 1. The summed E-state index contributed by atoms with van der Waals surface area (Å²) < 4.78 is 22.0. The number of amides is 2. The Labute approximate surface area is 185 Å². The van der Waals surface area contributed by atoms with Crippen molar-refractivity contribution in [1.82, 2.24) is 10.6 Å². The number of fused-ring (bicyclic) bond motifs is 1. The first kappa shape index (κ1) is 25.5. The summed E-state index contributed by atoms with van der Waals surface area (Å²) >= 11 is 1.68. The van der Waals surface area contributed by atoms with Gasteiger partial charge in [0.1, 0.15) is 5.44 Å². The first-order valence-corrected chi connectivity index (χ1v) is 11.4. The minimum Gasteiger partial charge on any atom is -0.481 e. The number of carbonyl (C=O) groups excluding carboxylic acids is 1. The molecule has 2 amide bonds. The lowest BCUT2D eigenvalue weighted by Crippen LogP contribution is -2.40. The Morgan fingerprint density at radius 1 is 1.03 bits per heavy atom. The van der Waals surface area contributed by atoms with Crippen LogP contribution in [-0.2, 0) is 23.7 Å². The number of carbonyl (C=O) groups is 2. The zero-order valence-corrected chi connectivity index (χ0v) is 18.3. The van der Waals surface area contributed by atoms with Crippen LogP contribution in [-0.4, -0.2) is 92.7 Å². The topological polar surface area (TPSA) is 164 Å². The third kappa shape index (κ3) is 9.93. The number of thioether (sulfide) groups is 1. The highest BCUT2D eigenvalue weighted by molar-refractivity contribution is 8.00. The predicted molar refractivity (Wildman–Crippen MR) is 113 cm³/mol. The summed E-state index contributed by atoms with van der Waals surface area (Å²) in [5, 5.41) is 18.2. The lowest BCUT2D eigenvalue weighted by Gasteiger charge is -2.17. The summed E-state index contributed by atoms with van der Waals surface area (Å²) in [5.74, 6) is -0.782. The molecule has 13 heteroatoms. The van der Waals surface area contributed by atoms with Gasteiger partial charge < -0.3 is 34.7 Å². The average molecular weight is 462 g/mol. The van der Waals surface area contributed by atoms with Gasteiger partial charge in [0.2, 0.25) is 0 Å². The normalized spacial score (nSPS) is 24.3. The molecule has 176 valence electrons. The molecule has 0 bridgehead atoms. The highest BCUT2D eigenvalue weighted by Gasteiger charge is 2.49. The van der Waals surface area contributed by atoms with Crippen molar-refractivity contribution in [1.29, 1.82) is 0 Å². The summed E-state index contributed by atoms with van der Waals surface area (Å²) in [6.45, 7) is 3.28. The Morgan fingerprint density at radius 3 is 2.35 bits per heavy atom. The Kier molecular flexibility index (Phi) is 12.4. The van der Waals surface area contributed by atoms with E-state index in [1.54, 1.807) is 11.8 Å². The van der Waals surface area contributed by atoms with Gasteiger partial charge in [-0.25, -0.2) is 4.79 Å². The van der Waals surface area contributed by atoms with Crippen molar-refractivity contribution in [2.24, 2.45) is 5.11 Å². The van der Waals surface area contributed by atoms with E-state index in [-0.39, 0.29) is 35.2 Å². The molecule has 1 unspecified atom stereocenters. The van der Waals surface area contributed by atoms with Crippen molar-refractivity contribution < 1.29 is 33.6 Å². The quantitative estimate of drug-likeness (QED) is 0.0908. The average Bonchev–Trinajstić information content (AvgIpc) is 3.27. The van der Waals surface area contributed by atoms with Crippen LogP contribution in [0.1, 0.15) is 25.7 Å². The van der Waals surface area contributed by atoms with E-state index < -0.39 is 5.97 Å². The highest BCUT2D eigenvalue weighted by Crippen LogP contribution is 2.39. The van der Waals surface area contributed by atoms with Gasteiger partial charge in [-0.1, -0.05) is 11.5 Å². The van der Waals surface area contributed by atoms with Crippen LogP contribution < -0.4 is 10.6 Å². The third-order valence-electron chi connectivity index (χ3n) is 4.77. The monoisotopic (exact) mass is 461 g/mol. The molecule has 0 aromatic carbocycles. The number of carboxylic acids is 1. The lowest BCUT2D eigenvalue weighted by molar-refractivity contribution is -0.137. The van der Waals surface area contributed by atoms with E-state index in [4.69, 9.17) is 29.6 Å². The van der Waals surface area contributed by atoms with Gasteiger partial charge in [-0.2, -0.15) is 0 Å². The molecule has 12 nitrogen and oxygen atoms in total. The summed E-state index contributed by atoms with van der Waals surface area (Å²) in [4.78, 5) is 25.0. The fourth-order valence-corrected chi connectivity index (χ4v) is 4.99. The molecule has 0 saturated carbocycles. The molecule has 2 aliphatic heterocycles. The SMILES string of the molecule is [N-]=[N+]=NCCOCCOCCOCCO[C@@H]1SC(CCCCC(=O)O)[C@H]2NC(=O)N[C@@H]12. The van der Waals surface area contributed by atoms with Gasteiger partial charge in [0.25, 0.3) is 0 Å². The fourth-order valence-electron chi connectivity index (χ4n) is 3.35. The predicted octanol–water partition coefficient (Wildman–Crippen LogP) is 1.50. The molecule has 0 radical (unpaired) electrons. The Hall–Kier alpha value is -1.76. The maximum atomic E-state index is 11.7. The molecule has 2 heterocycles. The minimum atomic E-state index is -0.782. The molecule has 0 aliphatic carbocycles. The van der Waals surface area contributed by atoms with Gasteiger partial charge in [0.15, 0.2) is 0 Å². The maximum absolute atomic E-state index is 11.7. The van der Waals surface area contributed by atoms with Crippen LogP contribution in [0.25, 0.3) is 10.4 Å². The van der Waals surface area contributed by atoms with Crippen molar-refractivity contribution >= 4 is 23.8 Å². The maximum Gasteiger partial charge on any atom is 0.315 e. The smallest absolute Gasteiger partial charge is 0.315 e. The van der Waals surface area contributed by atoms with Crippen molar-refractivity contribution in [3.05, 3.63) is 10.4 Å². The number of aliphatic carboxylic acids is 1. The van der Waals surface area contributed by atoms with E-state index in [1.165, 1.54) is 0 Å². The van der Waals surface area contributed by atoms with Gasteiger partial charge in [-0.3, -0.25) is 4.79 Å². The second-order valence-corrected chi connectivity index (χ2v) is 8.36. The third-order valence-corrected chi connectivity index (χ3v) is 6.34. The molecular weight excluding hydrogens is 430 g/mol. The Bertz CT molecular complexity index is 608. The van der Waals surface area contributed by atoms with Crippen molar-refractivity contribution in [2.45, 2.75) is 48.5 Å². The van der Waals surface area contributed by atoms with Crippen LogP contribution in [0.3, 0.4) is 0 Å². The molecule has 0 aromatic rings. The number of nitrogens with zero attached hydrogens (tertiary/aromatic N) is 3. The molecule has 2 saturated heterocycles. The molecular formula is C18H31N5O7S. The molecule has 0 spiro atoms. The first-order valence-electron chi connectivity index (χ1n) is 10.4. The summed E-state index contributed by atoms with van der Waals surface area (Å²) in [7, 11) is 0. The van der Waals surface area contributed by atoms with E-state index in [0.717, 1.165) is 12.8 Å². The Morgan fingerprint density at radius 2 is 1.68 bits per heavy atom. The Balaban J connectivity index is 1.51. The van der Waals surface area contributed by atoms with E-state index >= 15 is 0 Å². The van der Waals surface area contributed by atoms with Crippen LogP contribution in [0.4, 0.5) is 4.79 Å². The lowest BCUT2D eigenvalue weighted by atomic mass is 10.0. The molecule has 3 N–H and O–H groups in total. The van der Waals surface area contributed by atoms with Crippen LogP contribution in [0.5, 0.6) is 0 Å². The first-order chi connectivity index (χ1) is 15.1. The second kappa shape index (κ2) is 15.1. The number of carboxylic acid groups (broad SMARTS) is 1. The minimum absolute atomic E-state index is 0.00410. The van der Waals surface area contributed by atoms with E-state index in [2.05, 4.69) is 20.7 Å². The number of hydrogen-bond donors (Lipinski definition) is 3. The van der Waals surface area contributed by atoms with Gasteiger partial charge in [0.05, 0.1) is 58.3 Å². The molecule has 2 fully saturated rings. The number of hydrogen-bond acceptors (Lipinski definition) is 8. The van der Waals surface area contributed by atoms with Gasteiger partial charge in [-0.15, -0.1) is 11.8 Å². The summed E-state index contributed by atoms with van der Waals surface area (Å²) in [5.41, 5.74) is 7.97. The van der Waals surface area contributed by atoms with Gasteiger partial charge in [0, 0.05) is 23.1 Å². The standard InChI is InChI=1S/C18H31N5O7S/c19-23-20-5-6-27-7-8-28-9-10-29-11-12-30-17-16-15(21-18(26)22-16)13(31-17)3-1-2-4-14(24)25/h13,15-17H,1-12H2,(H,24,25)(H2,21,22,26)/t13?,15-,16-,17-/m1/s1. The molecule has 31 heavy (non-hydrogen) atoms. The van der Waals surface area contributed by atoms with Crippen molar-refractivity contribution in [3.63, 3.8) is 0 Å². The van der Waals surface area contributed by atoms with Crippen LogP contribution in [0.2, 0.25) is 0 Å². The molecule has 2 rings (SSSR count). The zero-order chi connectivity index (χ0) is 22.3. The van der Waals surface area contributed by atoms with Crippen LogP contribution >= 0.6 is 11.8 Å². The van der Waals surface area contributed by atoms with E-state index in [1.807, 2.05) is 0 Å². The summed E-state index contributed by atoms with van der Waals surface area (Å²) in [6, 6.07) is -0.283. The number of ether oxygens (including phenoxy) is 4. The van der Waals surface area contributed by atoms with Crippen molar-refractivity contribution in [2.75, 3.05) is 52.8 Å². The zero-order valence-electron chi connectivity index (χ0n) is 17.4. The number of rotatable bonds is 18. The van der Waals surface area contributed by atoms with Crippen LogP contribution in [0.15, 0.2) is 5.11 Å². The highest BCUT2D eigenvalue weighted by atomic mass is 32.2. The largest absolute Gasteiger partial charge is 0.481 e. The van der Waals surface area contributed by atoms with Crippen LogP contribution in [0, 0.1) is 0 Å². The second-order valence-electron chi connectivity index (χ2n) is 7.01. The van der Waals surface area contributed by atoms with Gasteiger partial charge in [-0.05, 0) is 18.4 Å². The van der Waals surface area contributed by atoms with Crippen molar-refractivity contribution in [3.8, 4) is 0 Å². The number of unbranched alkanes of at least 4 members (excludes halogenated alkanes) is 1. The molecule has 0 aromatic heterocycles. The van der Waals surface area contributed by atoms with Gasteiger partial charge >= 0.3 is 12.0 Å².